The highest BCUT2D eigenvalue weighted by atomic mass is 16.2. The van der Waals surface area contributed by atoms with E-state index < -0.39 is 0 Å². The van der Waals surface area contributed by atoms with Crippen LogP contribution in [0.25, 0.3) is 0 Å². The molecular formula is C11H19N3O. The minimum absolute atomic E-state index is 0.0153. The van der Waals surface area contributed by atoms with E-state index in [9.17, 15) is 4.79 Å². The number of aryl methyl sites for hydroxylation is 2. The standard InChI is InChI=1S/C11H19N3O/c1-5-6-7-13(3)11(15)10-9(2)8-14(4)12-10/h8H,5-7H2,1-4H3. The highest BCUT2D eigenvalue weighted by Gasteiger charge is 2.16. The molecule has 0 aliphatic rings. The van der Waals surface area contributed by atoms with Gasteiger partial charge in [-0.05, 0) is 13.3 Å². The van der Waals surface area contributed by atoms with Gasteiger partial charge >= 0.3 is 0 Å². The van der Waals surface area contributed by atoms with Crippen molar-refractivity contribution < 1.29 is 4.79 Å². The van der Waals surface area contributed by atoms with Gasteiger partial charge in [0, 0.05) is 32.4 Å². The minimum Gasteiger partial charge on any atom is -0.340 e. The van der Waals surface area contributed by atoms with E-state index in [1.54, 1.807) is 9.58 Å². The Morgan fingerprint density at radius 1 is 1.60 bits per heavy atom. The third kappa shape index (κ3) is 2.81. The summed E-state index contributed by atoms with van der Waals surface area (Å²) in [5, 5.41) is 4.16. The van der Waals surface area contributed by atoms with Gasteiger partial charge in [-0.2, -0.15) is 5.10 Å². The van der Waals surface area contributed by atoms with Gasteiger partial charge in [0.05, 0.1) is 0 Å². The van der Waals surface area contributed by atoms with Crippen LogP contribution in [0.3, 0.4) is 0 Å². The first-order chi connectivity index (χ1) is 7.06. The van der Waals surface area contributed by atoms with Crippen LogP contribution in [0.5, 0.6) is 0 Å². The van der Waals surface area contributed by atoms with Gasteiger partial charge in [0.15, 0.2) is 5.69 Å². The summed E-state index contributed by atoms with van der Waals surface area (Å²) in [5.41, 5.74) is 1.50. The highest BCUT2D eigenvalue weighted by Crippen LogP contribution is 2.07. The first-order valence-electron chi connectivity index (χ1n) is 5.32. The van der Waals surface area contributed by atoms with Crippen LogP contribution in [0.1, 0.15) is 35.8 Å². The van der Waals surface area contributed by atoms with E-state index in [1.165, 1.54) is 0 Å². The Bertz CT molecular complexity index is 344. The minimum atomic E-state index is 0.0153. The topological polar surface area (TPSA) is 38.1 Å². The first-order valence-corrected chi connectivity index (χ1v) is 5.32. The van der Waals surface area contributed by atoms with Gasteiger partial charge in [-0.15, -0.1) is 0 Å². The van der Waals surface area contributed by atoms with E-state index in [1.807, 2.05) is 27.2 Å². The summed E-state index contributed by atoms with van der Waals surface area (Å²) in [6, 6.07) is 0. The van der Waals surface area contributed by atoms with Crippen LogP contribution in [0, 0.1) is 6.92 Å². The molecule has 0 saturated heterocycles. The molecule has 0 aliphatic heterocycles. The maximum Gasteiger partial charge on any atom is 0.274 e. The van der Waals surface area contributed by atoms with E-state index in [0.29, 0.717) is 5.69 Å². The van der Waals surface area contributed by atoms with Crippen molar-refractivity contribution in [1.29, 1.82) is 0 Å². The van der Waals surface area contributed by atoms with Crippen molar-refractivity contribution in [3.63, 3.8) is 0 Å². The lowest BCUT2D eigenvalue weighted by atomic mass is 10.2. The second-order valence-corrected chi connectivity index (χ2v) is 3.91. The molecule has 0 aromatic carbocycles. The molecule has 0 bridgehead atoms. The number of nitrogens with zero attached hydrogens (tertiary/aromatic N) is 3. The molecule has 4 nitrogen and oxygen atoms in total. The second-order valence-electron chi connectivity index (χ2n) is 3.91. The lowest BCUT2D eigenvalue weighted by molar-refractivity contribution is 0.0786. The fraction of sp³-hybridized carbons (Fsp3) is 0.636. The number of aromatic nitrogens is 2. The lowest BCUT2D eigenvalue weighted by Crippen LogP contribution is -2.28. The van der Waals surface area contributed by atoms with E-state index in [0.717, 1.165) is 24.9 Å². The van der Waals surface area contributed by atoms with Crippen molar-refractivity contribution in [3.8, 4) is 0 Å². The summed E-state index contributed by atoms with van der Waals surface area (Å²) in [6.07, 6.45) is 3.99. The van der Waals surface area contributed by atoms with Gasteiger partial charge in [-0.25, -0.2) is 0 Å². The maximum atomic E-state index is 11.9. The summed E-state index contributed by atoms with van der Waals surface area (Å²) in [5.74, 6) is 0.0153. The van der Waals surface area contributed by atoms with Gasteiger partial charge in [0.2, 0.25) is 0 Å². The number of carbonyl (C=O) groups excluding carboxylic acids is 1. The van der Waals surface area contributed by atoms with Crippen molar-refractivity contribution in [2.75, 3.05) is 13.6 Å². The number of hydrogen-bond donors (Lipinski definition) is 0. The van der Waals surface area contributed by atoms with Crippen LogP contribution in [0.15, 0.2) is 6.20 Å². The maximum absolute atomic E-state index is 11.9. The number of amides is 1. The van der Waals surface area contributed by atoms with Gasteiger partial charge in [0.25, 0.3) is 5.91 Å². The zero-order valence-corrected chi connectivity index (χ0v) is 9.95. The Hall–Kier alpha value is -1.32. The van der Waals surface area contributed by atoms with E-state index in [4.69, 9.17) is 0 Å². The number of carbonyl (C=O) groups is 1. The highest BCUT2D eigenvalue weighted by molar-refractivity contribution is 5.93. The average molecular weight is 209 g/mol. The van der Waals surface area contributed by atoms with Gasteiger partial charge in [0.1, 0.15) is 0 Å². The third-order valence-electron chi connectivity index (χ3n) is 2.41. The monoisotopic (exact) mass is 209 g/mol. The molecule has 1 amide bonds. The molecule has 0 fully saturated rings. The van der Waals surface area contributed by atoms with Crippen molar-refractivity contribution in [2.45, 2.75) is 26.7 Å². The fourth-order valence-electron chi connectivity index (χ4n) is 1.50. The summed E-state index contributed by atoms with van der Waals surface area (Å²) in [4.78, 5) is 13.7. The molecule has 0 unspecified atom stereocenters. The smallest absolute Gasteiger partial charge is 0.274 e. The number of rotatable bonds is 4. The molecule has 1 rings (SSSR count). The normalized spacial score (nSPS) is 10.4. The fourth-order valence-corrected chi connectivity index (χ4v) is 1.50. The summed E-state index contributed by atoms with van der Waals surface area (Å²) in [7, 11) is 3.65. The Kier molecular flexibility index (Phi) is 3.88. The van der Waals surface area contributed by atoms with Gasteiger partial charge in [-0.3, -0.25) is 9.48 Å². The second kappa shape index (κ2) is 4.96. The zero-order valence-electron chi connectivity index (χ0n) is 9.95. The molecular weight excluding hydrogens is 190 g/mol. The van der Waals surface area contributed by atoms with E-state index in [-0.39, 0.29) is 5.91 Å². The molecule has 1 aromatic heterocycles. The predicted molar refractivity (Wildman–Crippen MR) is 59.8 cm³/mol. The predicted octanol–water partition coefficient (Wildman–Crippen LogP) is 1.60. The summed E-state index contributed by atoms with van der Waals surface area (Å²) < 4.78 is 1.68. The quantitative estimate of drug-likeness (QED) is 0.755. The van der Waals surface area contributed by atoms with Crippen molar-refractivity contribution in [1.82, 2.24) is 14.7 Å². The number of hydrogen-bond acceptors (Lipinski definition) is 2. The van der Waals surface area contributed by atoms with Crippen molar-refractivity contribution >= 4 is 5.91 Å². The van der Waals surface area contributed by atoms with Gasteiger partial charge in [-0.1, -0.05) is 13.3 Å². The van der Waals surface area contributed by atoms with Crippen LogP contribution < -0.4 is 0 Å². The molecule has 0 atom stereocenters. The zero-order chi connectivity index (χ0) is 11.4. The van der Waals surface area contributed by atoms with Crippen LogP contribution in [0.2, 0.25) is 0 Å². The molecule has 4 heteroatoms. The Morgan fingerprint density at radius 3 is 2.73 bits per heavy atom. The van der Waals surface area contributed by atoms with Crippen LogP contribution >= 0.6 is 0 Å². The Morgan fingerprint density at radius 2 is 2.27 bits per heavy atom. The molecule has 0 N–H and O–H groups in total. The van der Waals surface area contributed by atoms with E-state index >= 15 is 0 Å². The first kappa shape index (κ1) is 11.8. The van der Waals surface area contributed by atoms with Gasteiger partial charge < -0.3 is 4.90 Å². The molecule has 1 heterocycles. The van der Waals surface area contributed by atoms with Crippen molar-refractivity contribution in [3.05, 3.63) is 17.5 Å². The Labute approximate surface area is 90.9 Å². The van der Waals surface area contributed by atoms with Crippen LogP contribution in [-0.4, -0.2) is 34.2 Å². The average Bonchev–Trinajstić information content (AvgIpc) is 2.53. The molecule has 0 spiro atoms. The van der Waals surface area contributed by atoms with Crippen LogP contribution in [-0.2, 0) is 7.05 Å². The van der Waals surface area contributed by atoms with E-state index in [2.05, 4.69) is 12.0 Å². The molecule has 84 valence electrons. The molecule has 0 saturated carbocycles. The van der Waals surface area contributed by atoms with Crippen molar-refractivity contribution in [2.24, 2.45) is 7.05 Å². The molecule has 1 aromatic rings. The summed E-state index contributed by atoms with van der Waals surface area (Å²) >= 11 is 0. The third-order valence-corrected chi connectivity index (χ3v) is 2.41. The largest absolute Gasteiger partial charge is 0.340 e. The lowest BCUT2D eigenvalue weighted by Gasteiger charge is -2.15. The van der Waals surface area contributed by atoms with Crippen LogP contribution in [0.4, 0.5) is 0 Å². The Balaban J connectivity index is 2.71. The molecule has 15 heavy (non-hydrogen) atoms. The number of unbranched alkanes of at least 4 members (excludes halogenated alkanes) is 1. The molecule has 0 radical (unpaired) electrons. The molecule has 0 aliphatic carbocycles. The summed E-state index contributed by atoms with van der Waals surface area (Å²) in [6.45, 7) is 4.82. The SMILES string of the molecule is CCCCN(C)C(=O)c1nn(C)cc1C.